The molecule has 3 nitrogen and oxygen atoms in total. The van der Waals surface area contributed by atoms with Gasteiger partial charge in [-0.05, 0) is 37.3 Å². The average molecular weight is 282 g/mol. The molecule has 2 rings (SSSR count). The molecule has 1 aliphatic carbocycles. The molecule has 2 atom stereocenters. The lowest BCUT2D eigenvalue weighted by Crippen LogP contribution is -2.42. The maximum Gasteiger partial charge on any atom is 0.255 e. The molecule has 0 aliphatic heterocycles. The SMILES string of the molecule is Cc1cccc(C(=O)NC2CCCCC2CCl)c1O. The molecule has 0 heterocycles. The smallest absolute Gasteiger partial charge is 0.255 e. The van der Waals surface area contributed by atoms with Crippen molar-refractivity contribution in [1.82, 2.24) is 5.32 Å². The standard InChI is InChI=1S/C15H20ClNO2/c1-10-5-4-7-12(14(10)18)15(19)17-13-8-3-2-6-11(13)9-16/h4-5,7,11,13,18H,2-3,6,8-9H2,1H3,(H,17,19). The van der Waals surface area contributed by atoms with Gasteiger partial charge in [-0.1, -0.05) is 25.0 Å². The third-order valence-corrected chi connectivity index (χ3v) is 4.30. The monoisotopic (exact) mass is 281 g/mol. The van der Waals surface area contributed by atoms with Crippen molar-refractivity contribution in [2.45, 2.75) is 38.6 Å². The molecule has 0 spiro atoms. The first-order valence-corrected chi connectivity index (χ1v) is 7.32. The Morgan fingerprint density at radius 1 is 1.42 bits per heavy atom. The van der Waals surface area contributed by atoms with E-state index in [2.05, 4.69) is 5.32 Å². The van der Waals surface area contributed by atoms with Crippen LogP contribution in [0.3, 0.4) is 0 Å². The largest absolute Gasteiger partial charge is 0.507 e. The molecule has 2 unspecified atom stereocenters. The minimum Gasteiger partial charge on any atom is -0.507 e. The van der Waals surface area contributed by atoms with E-state index in [1.165, 1.54) is 6.42 Å². The third-order valence-electron chi connectivity index (χ3n) is 3.91. The fourth-order valence-corrected chi connectivity index (χ4v) is 3.04. The zero-order chi connectivity index (χ0) is 13.8. The van der Waals surface area contributed by atoms with Crippen LogP contribution in [0.2, 0.25) is 0 Å². The van der Waals surface area contributed by atoms with Gasteiger partial charge >= 0.3 is 0 Å². The number of carbonyl (C=O) groups excluding carboxylic acids is 1. The van der Waals surface area contributed by atoms with E-state index in [1.807, 2.05) is 0 Å². The van der Waals surface area contributed by atoms with E-state index in [0.29, 0.717) is 22.9 Å². The first kappa shape index (κ1) is 14.2. The van der Waals surface area contributed by atoms with Gasteiger partial charge in [-0.3, -0.25) is 4.79 Å². The summed E-state index contributed by atoms with van der Waals surface area (Å²) in [6.45, 7) is 1.79. The number of nitrogens with one attached hydrogen (secondary N) is 1. The number of carbonyl (C=O) groups is 1. The Morgan fingerprint density at radius 3 is 2.89 bits per heavy atom. The van der Waals surface area contributed by atoms with E-state index in [4.69, 9.17) is 11.6 Å². The molecule has 0 bridgehead atoms. The predicted molar refractivity (Wildman–Crippen MR) is 76.8 cm³/mol. The second-order valence-electron chi connectivity index (χ2n) is 5.25. The molecule has 1 fully saturated rings. The van der Waals surface area contributed by atoms with Crippen LogP contribution in [0.15, 0.2) is 18.2 Å². The van der Waals surface area contributed by atoms with Crippen molar-refractivity contribution in [3.63, 3.8) is 0 Å². The number of halogens is 1. The molecule has 1 aliphatic rings. The number of aryl methyl sites for hydroxylation is 1. The van der Waals surface area contributed by atoms with Crippen LogP contribution in [0.5, 0.6) is 5.75 Å². The van der Waals surface area contributed by atoms with E-state index in [-0.39, 0.29) is 17.7 Å². The second kappa shape index (κ2) is 6.29. The summed E-state index contributed by atoms with van der Waals surface area (Å²) in [4.78, 5) is 12.2. The third kappa shape index (κ3) is 3.21. The maximum atomic E-state index is 12.2. The summed E-state index contributed by atoms with van der Waals surface area (Å²) in [5.74, 6) is 0.776. The lowest BCUT2D eigenvalue weighted by atomic mass is 9.85. The van der Waals surface area contributed by atoms with Crippen LogP contribution in [-0.4, -0.2) is 22.9 Å². The van der Waals surface area contributed by atoms with Gasteiger partial charge in [0.2, 0.25) is 0 Å². The number of amides is 1. The average Bonchev–Trinajstić information content (AvgIpc) is 2.42. The molecule has 0 radical (unpaired) electrons. The Morgan fingerprint density at radius 2 is 2.16 bits per heavy atom. The number of alkyl halides is 1. The number of benzene rings is 1. The molecule has 1 aromatic rings. The fraction of sp³-hybridized carbons (Fsp3) is 0.533. The molecule has 0 aromatic heterocycles. The zero-order valence-corrected chi connectivity index (χ0v) is 11.9. The van der Waals surface area contributed by atoms with Crippen LogP contribution >= 0.6 is 11.6 Å². The summed E-state index contributed by atoms with van der Waals surface area (Å²) < 4.78 is 0. The van der Waals surface area contributed by atoms with Gasteiger partial charge < -0.3 is 10.4 Å². The van der Waals surface area contributed by atoms with E-state index in [0.717, 1.165) is 19.3 Å². The Hall–Kier alpha value is -1.22. The van der Waals surface area contributed by atoms with E-state index >= 15 is 0 Å². The van der Waals surface area contributed by atoms with Gasteiger partial charge in [0.25, 0.3) is 5.91 Å². The molecule has 4 heteroatoms. The number of hydrogen-bond donors (Lipinski definition) is 2. The first-order chi connectivity index (χ1) is 9.13. The van der Waals surface area contributed by atoms with Crippen LogP contribution in [0.1, 0.15) is 41.6 Å². The van der Waals surface area contributed by atoms with Crippen molar-refractivity contribution in [3.8, 4) is 5.75 Å². The molecular formula is C15H20ClNO2. The number of aromatic hydroxyl groups is 1. The number of rotatable bonds is 3. The van der Waals surface area contributed by atoms with Gasteiger partial charge in [-0.15, -0.1) is 11.6 Å². The van der Waals surface area contributed by atoms with Crippen molar-refractivity contribution >= 4 is 17.5 Å². The Kier molecular flexibility index (Phi) is 4.70. The highest BCUT2D eigenvalue weighted by Crippen LogP contribution is 2.27. The van der Waals surface area contributed by atoms with Crippen LogP contribution in [-0.2, 0) is 0 Å². The molecule has 2 N–H and O–H groups in total. The van der Waals surface area contributed by atoms with E-state index < -0.39 is 0 Å². The number of phenolic OH excluding ortho intramolecular Hbond substituents is 1. The Bertz CT molecular complexity index is 461. The second-order valence-corrected chi connectivity index (χ2v) is 5.56. The predicted octanol–water partition coefficient (Wildman–Crippen LogP) is 3.23. The van der Waals surface area contributed by atoms with Gasteiger partial charge in [0, 0.05) is 11.9 Å². The molecular weight excluding hydrogens is 262 g/mol. The minimum absolute atomic E-state index is 0.0678. The quantitative estimate of drug-likeness (QED) is 0.836. The van der Waals surface area contributed by atoms with Crippen molar-refractivity contribution < 1.29 is 9.90 Å². The highest BCUT2D eigenvalue weighted by Gasteiger charge is 2.26. The summed E-state index contributed by atoms with van der Waals surface area (Å²) in [5.41, 5.74) is 1.06. The molecule has 0 saturated heterocycles. The molecule has 1 saturated carbocycles. The van der Waals surface area contributed by atoms with Gasteiger partial charge in [0.1, 0.15) is 5.75 Å². The number of hydrogen-bond acceptors (Lipinski definition) is 2. The molecule has 1 aromatic carbocycles. The van der Waals surface area contributed by atoms with Crippen molar-refractivity contribution in [2.24, 2.45) is 5.92 Å². The zero-order valence-electron chi connectivity index (χ0n) is 11.2. The summed E-state index contributed by atoms with van der Waals surface area (Å²) in [5, 5.41) is 13.0. The molecule has 19 heavy (non-hydrogen) atoms. The van der Waals surface area contributed by atoms with Crippen molar-refractivity contribution in [1.29, 1.82) is 0 Å². The number of para-hydroxylation sites is 1. The fourth-order valence-electron chi connectivity index (χ4n) is 2.67. The van der Waals surface area contributed by atoms with Crippen LogP contribution in [0, 0.1) is 12.8 Å². The van der Waals surface area contributed by atoms with E-state index in [9.17, 15) is 9.90 Å². The highest BCUT2D eigenvalue weighted by molar-refractivity contribution is 6.18. The summed E-state index contributed by atoms with van der Waals surface area (Å²) in [7, 11) is 0. The molecule has 1 amide bonds. The van der Waals surface area contributed by atoms with Crippen LogP contribution in [0.4, 0.5) is 0 Å². The van der Waals surface area contributed by atoms with Crippen molar-refractivity contribution in [2.75, 3.05) is 5.88 Å². The molecule has 104 valence electrons. The lowest BCUT2D eigenvalue weighted by molar-refractivity contribution is 0.0908. The highest BCUT2D eigenvalue weighted by atomic mass is 35.5. The summed E-state index contributed by atoms with van der Waals surface area (Å²) in [6, 6.07) is 5.34. The summed E-state index contributed by atoms with van der Waals surface area (Å²) >= 11 is 5.96. The van der Waals surface area contributed by atoms with Gasteiger partial charge in [-0.2, -0.15) is 0 Å². The van der Waals surface area contributed by atoms with E-state index in [1.54, 1.807) is 25.1 Å². The van der Waals surface area contributed by atoms with Crippen LogP contribution in [0.25, 0.3) is 0 Å². The Balaban J connectivity index is 2.09. The van der Waals surface area contributed by atoms with Crippen LogP contribution < -0.4 is 5.32 Å². The Labute approximate surface area is 119 Å². The summed E-state index contributed by atoms with van der Waals surface area (Å²) in [6.07, 6.45) is 4.33. The topological polar surface area (TPSA) is 49.3 Å². The first-order valence-electron chi connectivity index (χ1n) is 6.79. The normalized spacial score (nSPS) is 23.1. The maximum absolute atomic E-state index is 12.2. The van der Waals surface area contributed by atoms with Crippen molar-refractivity contribution in [3.05, 3.63) is 29.3 Å². The van der Waals surface area contributed by atoms with Gasteiger partial charge in [0.05, 0.1) is 5.56 Å². The van der Waals surface area contributed by atoms with Gasteiger partial charge in [-0.25, -0.2) is 0 Å². The van der Waals surface area contributed by atoms with Gasteiger partial charge in [0.15, 0.2) is 0 Å². The minimum atomic E-state index is -0.205. The number of phenols is 1. The lowest BCUT2D eigenvalue weighted by Gasteiger charge is -2.30.